The van der Waals surface area contributed by atoms with Crippen molar-refractivity contribution in [2.24, 2.45) is 0 Å². The molecule has 1 aromatic heterocycles. The first-order valence-corrected chi connectivity index (χ1v) is 11.2. The number of hydrogen-bond acceptors (Lipinski definition) is 5. The second kappa shape index (κ2) is 9.11. The molecule has 2 atom stereocenters. The summed E-state index contributed by atoms with van der Waals surface area (Å²) in [5, 5.41) is 11.7. The number of aliphatic hydroxyl groups excluding tert-OH is 1. The Labute approximate surface area is 174 Å². The summed E-state index contributed by atoms with van der Waals surface area (Å²) in [6.45, 7) is 2.75. The van der Waals surface area contributed by atoms with Crippen molar-refractivity contribution >= 4 is 22.7 Å². The van der Waals surface area contributed by atoms with E-state index < -0.39 is 6.10 Å². The van der Waals surface area contributed by atoms with Crippen LogP contribution in [0.25, 0.3) is 10.9 Å². The number of hydrogen-bond donors (Lipinski definition) is 1. The first-order chi connectivity index (χ1) is 14.2. The van der Waals surface area contributed by atoms with Crippen LogP contribution in [0.3, 0.4) is 0 Å². The lowest BCUT2D eigenvalue weighted by Gasteiger charge is -2.26. The van der Waals surface area contributed by atoms with Crippen LogP contribution in [0.4, 0.5) is 0 Å². The Kier molecular flexibility index (Phi) is 6.33. The normalized spacial score (nSPS) is 17.2. The Morgan fingerprint density at radius 1 is 1.24 bits per heavy atom. The third-order valence-electron chi connectivity index (χ3n) is 5.35. The number of aromatic nitrogens is 2. The molecule has 0 bridgehead atoms. The minimum Gasteiger partial charge on any atom is -0.390 e. The highest BCUT2D eigenvalue weighted by Crippen LogP contribution is 2.32. The van der Waals surface area contributed by atoms with Gasteiger partial charge in [0.1, 0.15) is 0 Å². The minimum absolute atomic E-state index is 0.0369. The third kappa shape index (κ3) is 4.39. The van der Waals surface area contributed by atoms with Gasteiger partial charge in [0, 0.05) is 12.3 Å². The van der Waals surface area contributed by atoms with Crippen LogP contribution in [0.15, 0.2) is 58.5 Å². The van der Waals surface area contributed by atoms with Crippen molar-refractivity contribution in [2.75, 3.05) is 12.4 Å². The molecule has 0 spiro atoms. The van der Waals surface area contributed by atoms with Crippen molar-refractivity contribution in [3.05, 3.63) is 70.0 Å². The summed E-state index contributed by atoms with van der Waals surface area (Å²) in [7, 11) is 0. The van der Waals surface area contributed by atoms with E-state index in [0.29, 0.717) is 28.4 Å². The molecular weight excluding hydrogens is 384 g/mol. The molecule has 0 fully saturated rings. The summed E-state index contributed by atoms with van der Waals surface area (Å²) in [6, 6.07) is 15.8. The van der Waals surface area contributed by atoms with E-state index in [1.54, 1.807) is 10.6 Å². The van der Waals surface area contributed by atoms with E-state index in [0.717, 1.165) is 19.3 Å². The number of aryl methyl sites for hydroxylation is 1. The Morgan fingerprint density at radius 2 is 2.03 bits per heavy atom. The minimum atomic E-state index is -0.622. The van der Waals surface area contributed by atoms with Crippen LogP contribution >= 0.6 is 11.8 Å². The smallest absolute Gasteiger partial charge is 0.262 e. The number of para-hydroxylation sites is 1. The molecule has 29 heavy (non-hydrogen) atoms. The van der Waals surface area contributed by atoms with E-state index >= 15 is 0 Å². The van der Waals surface area contributed by atoms with Crippen LogP contribution in [-0.4, -0.2) is 33.1 Å². The van der Waals surface area contributed by atoms with Crippen LogP contribution in [0.1, 0.15) is 37.0 Å². The number of aliphatic hydroxyl groups is 1. The van der Waals surface area contributed by atoms with Gasteiger partial charge in [-0.1, -0.05) is 48.2 Å². The summed E-state index contributed by atoms with van der Waals surface area (Å²) in [5.41, 5.74) is 3.24. The van der Waals surface area contributed by atoms with Gasteiger partial charge in [-0.15, -0.1) is 0 Å². The van der Waals surface area contributed by atoms with Crippen molar-refractivity contribution in [2.45, 2.75) is 50.1 Å². The molecule has 0 aliphatic heterocycles. The fraction of sp³-hybridized carbons (Fsp3) is 0.391. The van der Waals surface area contributed by atoms with E-state index in [1.807, 2.05) is 31.2 Å². The average Bonchev–Trinajstić information content (AvgIpc) is 2.76. The molecule has 1 aliphatic carbocycles. The maximum absolute atomic E-state index is 12.7. The molecule has 3 aromatic rings. The Morgan fingerprint density at radius 3 is 2.90 bits per heavy atom. The van der Waals surface area contributed by atoms with Crippen LogP contribution < -0.4 is 5.56 Å². The maximum Gasteiger partial charge on any atom is 0.262 e. The SMILES string of the molecule is CCn1c(SC[C@@H](O)CO[C@@H]2CCCc3ccccc32)nc2ccccc2c1=O. The molecule has 0 radical (unpaired) electrons. The monoisotopic (exact) mass is 410 g/mol. The van der Waals surface area contributed by atoms with Crippen LogP contribution in [0.2, 0.25) is 0 Å². The van der Waals surface area contributed by atoms with Gasteiger partial charge < -0.3 is 9.84 Å². The van der Waals surface area contributed by atoms with Gasteiger partial charge in [-0.3, -0.25) is 9.36 Å². The third-order valence-corrected chi connectivity index (χ3v) is 6.47. The van der Waals surface area contributed by atoms with Gasteiger partial charge in [-0.25, -0.2) is 4.98 Å². The second-order valence-electron chi connectivity index (χ2n) is 7.34. The van der Waals surface area contributed by atoms with Crippen molar-refractivity contribution in [1.82, 2.24) is 9.55 Å². The quantitative estimate of drug-likeness (QED) is 0.472. The van der Waals surface area contributed by atoms with Crippen molar-refractivity contribution in [1.29, 1.82) is 0 Å². The number of fused-ring (bicyclic) bond motifs is 2. The van der Waals surface area contributed by atoms with E-state index in [4.69, 9.17) is 4.74 Å². The van der Waals surface area contributed by atoms with Gasteiger partial charge in [-0.05, 0) is 49.4 Å². The lowest BCUT2D eigenvalue weighted by molar-refractivity contribution is -0.00961. The predicted octanol–water partition coefficient (Wildman–Crippen LogP) is 3.96. The lowest BCUT2D eigenvalue weighted by atomic mass is 9.89. The zero-order valence-electron chi connectivity index (χ0n) is 16.6. The van der Waals surface area contributed by atoms with E-state index in [2.05, 4.69) is 23.2 Å². The van der Waals surface area contributed by atoms with Crippen molar-refractivity contribution in [3.8, 4) is 0 Å². The molecule has 6 heteroatoms. The maximum atomic E-state index is 12.7. The highest BCUT2D eigenvalue weighted by molar-refractivity contribution is 7.99. The second-order valence-corrected chi connectivity index (χ2v) is 8.33. The molecule has 0 saturated carbocycles. The summed E-state index contributed by atoms with van der Waals surface area (Å²) >= 11 is 1.40. The number of thioether (sulfide) groups is 1. The van der Waals surface area contributed by atoms with Gasteiger partial charge in [0.25, 0.3) is 5.56 Å². The molecule has 1 heterocycles. The summed E-state index contributed by atoms with van der Waals surface area (Å²) < 4.78 is 7.72. The van der Waals surface area contributed by atoms with Gasteiger partial charge in [0.15, 0.2) is 5.16 Å². The molecule has 4 rings (SSSR count). The number of rotatable bonds is 7. The summed E-state index contributed by atoms with van der Waals surface area (Å²) in [6.07, 6.45) is 2.61. The molecule has 0 amide bonds. The molecular formula is C23H26N2O3S. The Bertz CT molecular complexity index is 1050. The van der Waals surface area contributed by atoms with E-state index in [1.165, 1.54) is 22.9 Å². The fourth-order valence-electron chi connectivity index (χ4n) is 3.87. The average molecular weight is 411 g/mol. The molecule has 0 saturated heterocycles. The van der Waals surface area contributed by atoms with Gasteiger partial charge in [0.2, 0.25) is 0 Å². The van der Waals surface area contributed by atoms with Crippen LogP contribution in [0, 0.1) is 0 Å². The summed E-state index contributed by atoms with van der Waals surface area (Å²) in [4.78, 5) is 17.3. The number of benzene rings is 2. The zero-order chi connectivity index (χ0) is 20.2. The standard InChI is InChI=1S/C23H26N2O3S/c1-2-25-22(27)19-11-5-6-12-20(19)24-23(25)29-15-17(26)14-28-21-13-7-9-16-8-3-4-10-18(16)21/h3-6,8,10-12,17,21,26H,2,7,9,13-15H2,1H3/t17-,21+/m0/s1. The number of nitrogens with zero attached hydrogens (tertiary/aromatic N) is 2. The lowest BCUT2D eigenvalue weighted by Crippen LogP contribution is -2.25. The Balaban J connectivity index is 1.40. The summed E-state index contributed by atoms with van der Waals surface area (Å²) in [5.74, 6) is 0.430. The van der Waals surface area contributed by atoms with Gasteiger partial charge in [-0.2, -0.15) is 0 Å². The molecule has 152 valence electrons. The highest BCUT2D eigenvalue weighted by Gasteiger charge is 2.21. The molecule has 2 aromatic carbocycles. The molecule has 5 nitrogen and oxygen atoms in total. The van der Waals surface area contributed by atoms with Crippen molar-refractivity contribution in [3.63, 3.8) is 0 Å². The van der Waals surface area contributed by atoms with E-state index in [-0.39, 0.29) is 18.3 Å². The van der Waals surface area contributed by atoms with Gasteiger partial charge in [0.05, 0.1) is 29.7 Å². The molecule has 1 N–H and O–H groups in total. The zero-order valence-corrected chi connectivity index (χ0v) is 17.4. The number of ether oxygens (including phenoxy) is 1. The first-order valence-electron chi connectivity index (χ1n) is 10.2. The molecule has 1 aliphatic rings. The fourth-order valence-corrected chi connectivity index (χ4v) is 4.83. The largest absolute Gasteiger partial charge is 0.390 e. The van der Waals surface area contributed by atoms with Crippen molar-refractivity contribution < 1.29 is 9.84 Å². The Hall–Kier alpha value is -2.15. The highest BCUT2D eigenvalue weighted by atomic mass is 32.2. The van der Waals surface area contributed by atoms with Crippen LogP contribution in [0.5, 0.6) is 0 Å². The predicted molar refractivity (Wildman–Crippen MR) is 116 cm³/mol. The molecule has 0 unspecified atom stereocenters. The first kappa shape index (κ1) is 20.1. The van der Waals surface area contributed by atoms with Gasteiger partial charge >= 0.3 is 0 Å². The topological polar surface area (TPSA) is 64.3 Å². The van der Waals surface area contributed by atoms with Crippen LogP contribution in [-0.2, 0) is 17.7 Å². The van der Waals surface area contributed by atoms with E-state index in [9.17, 15) is 9.90 Å².